The average Bonchev–Trinajstić information content (AvgIpc) is 2.99. The molecule has 0 N–H and O–H groups in total. The van der Waals surface area contributed by atoms with Crippen molar-refractivity contribution in [3.63, 3.8) is 0 Å². The lowest BCUT2D eigenvalue weighted by Crippen LogP contribution is -2.38. The largest absolute Gasteiger partial charge is 0.497 e. The van der Waals surface area contributed by atoms with Gasteiger partial charge in [0.15, 0.2) is 0 Å². The van der Waals surface area contributed by atoms with E-state index in [9.17, 15) is 4.79 Å². The first kappa shape index (κ1) is 23.3. The van der Waals surface area contributed by atoms with Gasteiger partial charge in [0.25, 0.3) is 0 Å². The number of ether oxygens (including phenoxy) is 3. The summed E-state index contributed by atoms with van der Waals surface area (Å²) < 4.78 is 17.4. The van der Waals surface area contributed by atoms with Crippen LogP contribution in [0.1, 0.15) is 45.2 Å². The Balaban J connectivity index is 1.79. The van der Waals surface area contributed by atoms with Crippen molar-refractivity contribution in [3.05, 3.63) is 41.5 Å². The molecule has 6 nitrogen and oxygen atoms in total. The van der Waals surface area contributed by atoms with Crippen molar-refractivity contribution in [3.8, 4) is 22.6 Å². The molecule has 0 unspecified atom stereocenters. The smallest absolute Gasteiger partial charge is 0.410 e. The molecular formula is C27H36N2O4. The van der Waals surface area contributed by atoms with Crippen molar-refractivity contribution in [2.45, 2.75) is 52.6 Å². The number of hydrogen-bond donors (Lipinski definition) is 0. The number of nitrogens with zero attached hydrogens (tertiary/aromatic N) is 2. The number of carbonyl (C=O) groups excluding carboxylic acids is 1. The van der Waals surface area contributed by atoms with E-state index in [1.165, 1.54) is 22.4 Å². The molecule has 33 heavy (non-hydrogen) atoms. The van der Waals surface area contributed by atoms with Crippen LogP contribution in [0.5, 0.6) is 11.5 Å². The van der Waals surface area contributed by atoms with Crippen molar-refractivity contribution in [2.24, 2.45) is 0 Å². The van der Waals surface area contributed by atoms with E-state index in [0.29, 0.717) is 19.7 Å². The van der Waals surface area contributed by atoms with Crippen molar-refractivity contribution in [1.29, 1.82) is 0 Å². The zero-order valence-electron chi connectivity index (χ0n) is 20.6. The molecule has 0 radical (unpaired) electrons. The van der Waals surface area contributed by atoms with E-state index < -0.39 is 5.60 Å². The first-order valence-electron chi connectivity index (χ1n) is 12.0. The van der Waals surface area contributed by atoms with E-state index in [4.69, 9.17) is 14.2 Å². The van der Waals surface area contributed by atoms with Gasteiger partial charge >= 0.3 is 6.09 Å². The fraction of sp³-hybridized carbons (Fsp3) is 0.519. The Hall–Kier alpha value is -2.89. The van der Waals surface area contributed by atoms with Gasteiger partial charge in [0.2, 0.25) is 0 Å². The van der Waals surface area contributed by atoms with Gasteiger partial charge in [0, 0.05) is 25.2 Å². The SMILES string of the molecule is CCCN1CCOc2cc3c(c(-c4cccc(OC)c4)c21)CCN(C(=O)OC(C)(C)C)CC3. The predicted octanol–water partition coefficient (Wildman–Crippen LogP) is 5.31. The van der Waals surface area contributed by atoms with Crippen molar-refractivity contribution in [2.75, 3.05) is 44.8 Å². The van der Waals surface area contributed by atoms with Gasteiger partial charge in [-0.05, 0) is 74.9 Å². The normalized spacial score (nSPS) is 15.8. The Labute approximate surface area is 197 Å². The standard InChI is InChI=1S/C27H36N2O4/c1-6-12-28-15-16-32-23-18-19-10-13-29(26(30)33-27(2,3)4)14-11-22(19)24(25(23)28)20-8-7-9-21(17-20)31-5/h7-9,17-18H,6,10-16H2,1-5H3. The molecule has 0 spiro atoms. The maximum absolute atomic E-state index is 12.8. The van der Waals surface area contributed by atoms with E-state index in [1.54, 1.807) is 7.11 Å². The fourth-order valence-electron chi connectivity index (χ4n) is 4.76. The van der Waals surface area contributed by atoms with Crippen LogP contribution in [0.15, 0.2) is 30.3 Å². The van der Waals surface area contributed by atoms with Crippen LogP contribution in [0.4, 0.5) is 10.5 Å². The summed E-state index contributed by atoms with van der Waals surface area (Å²) in [5, 5.41) is 0. The first-order valence-corrected chi connectivity index (χ1v) is 12.0. The van der Waals surface area contributed by atoms with E-state index in [2.05, 4.69) is 30.0 Å². The monoisotopic (exact) mass is 452 g/mol. The highest BCUT2D eigenvalue weighted by atomic mass is 16.6. The summed E-state index contributed by atoms with van der Waals surface area (Å²) in [6.45, 7) is 11.8. The van der Waals surface area contributed by atoms with Crippen LogP contribution in [0.2, 0.25) is 0 Å². The Morgan fingerprint density at radius 3 is 2.64 bits per heavy atom. The molecule has 6 heteroatoms. The van der Waals surface area contributed by atoms with Crippen molar-refractivity contribution in [1.82, 2.24) is 4.90 Å². The summed E-state index contributed by atoms with van der Waals surface area (Å²) >= 11 is 0. The molecule has 1 amide bonds. The number of benzene rings is 2. The number of anilines is 1. The van der Waals surface area contributed by atoms with Gasteiger partial charge in [0.05, 0.1) is 19.3 Å². The zero-order valence-corrected chi connectivity index (χ0v) is 20.6. The maximum Gasteiger partial charge on any atom is 0.410 e. The lowest BCUT2D eigenvalue weighted by Gasteiger charge is -2.35. The van der Waals surface area contributed by atoms with Gasteiger partial charge in [-0.2, -0.15) is 0 Å². The van der Waals surface area contributed by atoms with Crippen LogP contribution in [0, 0.1) is 0 Å². The lowest BCUT2D eigenvalue weighted by molar-refractivity contribution is 0.0258. The van der Waals surface area contributed by atoms with E-state index in [1.807, 2.05) is 37.8 Å². The zero-order chi connectivity index (χ0) is 23.6. The van der Waals surface area contributed by atoms with E-state index >= 15 is 0 Å². The topological polar surface area (TPSA) is 51.2 Å². The molecule has 0 bridgehead atoms. The third-order valence-corrected chi connectivity index (χ3v) is 6.19. The van der Waals surface area contributed by atoms with Crippen LogP contribution in [0.3, 0.4) is 0 Å². The summed E-state index contributed by atoms with van der Waals surface area (Å²) in [7, 11) is 1.70. The molecule has 2 aliphatic heterocycles. The molecule has 4 rings (SSSR count). The Kier molecular flexibility index (Phi) is 6.73. The van der Waals surface area contributed by atoms with Crippen LogP contribution in [-0.4, -0.2) is 56.5 Å². The van der Waals surface area contributed by atoms with Crippen LogP contribution in [0.25, 0.3) is 11.1 Å². The fourth-order valence-corrected chi connectivity index (χ4v) is 4.76. The molecule has 0 fully saturated rings. The number of methoxy groups -OCH3 is 1. The molecule has 0 aliphatic carbocycles. The summed E-state index contributed by atoms with van der Waals surface area (Å²) in [6, 6.07) is 10.5. The number of carbonyl (C=O) groups is 1. The summed E-state index contributed by atoms with van der Waals surface area (Å²) in [5.41, 5.74) is 5.53. The summed E-state index contributed by atoms with van der Waals surface area (Å²) in [6.07, 6.45) is 2.37. The second-order valence-corrected chi connectivity index (χ2v) is 9.77. The van der Waals surface area contributed by atoms with Gasteiger partial charge < -0.3 is 24.0 Å². The Morgan fingerprint density at radius 1 is 1.12 bits per heavy atom. The number of fused-ring (bicyclic) bond motifs is 2. The third kappa shape index (κ3) is 5.05. The minimum atomic E-state index is -0.504. The highest BCUT2D eigenvalue weighted by Crippen LogP contribution is 2.46. The molecule has 0 saturated heterocycles. The molecule has 2 heterocycles. The Bertz CT molecular complexity index is 1010. The molecule has 0 atom stereocenters. The first-order chi connectivity index (χ1) is 15.8. The number of rotatable bonds is 4. The number of hydrogen-bond acceptors (Lipinski definition) is 5. The second kappa shape index (κ2) is 9.54. The molecule has 2 aliphatic rings. The highest BCUT2D eigenvalue weighted by Gasteiger charge is 2.30. The molecule has 2 aromatic carbocycles. The minimum absolute atomic E-state index is 0.244. The van der Waals surface area contributed by atoms with Gasteiger partial charge in [-0.3, -0.25) is 0 Å². The van der Waals surface area contributed by atoms with Crippen molar-refractivity contribution < 1.29 is 19.0 Å². The molecular weight excluding hydrogens is 416 g/mol. The second-order valence-electron chi connectivity index (χ2n) is 9.77. The van der Waals surface area contributed by atoms with E-state index in [-0.39, 0.29) is 6.09 Å². The maximum atomic E-state index is 12.8. The van der Waals surface area contributed by atoms with Crippen LogP contribution in [-0.2, 0) is 17.6 Å². The predicted molar refractivity (Wildman–Crippen MR) is 132 cm³/mol. The number of amides is 1. The molecule has 178 valence electrons. The molecule has 0 aromatic heterocycles. The van der Waals surface area contributed by atoms with Crippen LogP contribution >= 0.6 is 0 Å². The molecule has 2 aromatic rings. The average molecular weight is 453 g/mol. The van der Waals surface area contributed by atoms with Gasteiger partial charge in [0.1, 0.15) is 23.7 Å². The van der Waals surface area contributed by atoms with Crippen LogP contribution < -0.4 is 14.4 Å². The van der Waals surface area contributed by atoms with Gasteiger partial charge in [-0.1, -0.05) is 19.1 Å². The summed E-state index contributed by atoms with van der Waals surface area (Å²) in [5.74, 6) is 1.78. The van der Waals surface area contributed by atoms with Crippen molar-refractivity contribution >= 4 is 11.8 Å². The van der Waals surface area contributed by atoms with Gasteiger partial charge in [-0.15, -0.1) is 0 Å². The third-order valence-electron chi connectivity index (χ3n) is 6.19. The quantitative estimate of drug-likeness (QED) is 0.630. The minimum Gasteiger partial charge on any atom is -0.497 e. The highest BCUT2D eigenvalue weighted by molar-refractivity contribution is 5.88. The summed E-state index contributed by atoms with van der Waals surface area (Å²) in [4.78, 5) is 17.1. The van der Waals surface area contributed by atoms with Gasteiger partial charge in [-0.25, -0.2) is 4.79 Å². The lowest BCUT2D eigenvalue weighted by atomic mass is 9.89. The van der Waals surface area contributed by atoms with E-state index in [0.717, 1.165) is 49.4 Å². The Morgan fingerprint density at radius 2 is 1.91 bits per heavy atom. The molecule has 0 saturated carbocycles.